The fourth-order valence-electron chi connectivity index (χ4n) is 1.66. The molecule has 1 amide bonds. The van der Waals surface area contributed by atoms with Crippen molar-refractivity contribution in [1.29, 1.82) is 0 Å². The number of hydrogen-bond donors (Lipinski definition) is 1. The van der Waals surface area contributed by atoms with E-state index in [4.69, 9.17) is 11.6 Å². The maximum Gasteiger partial charge on any atom is 0.269 e. The lowest BCUT2D eigenvalue weighted by Crippen LogP contribution is -2.12. The molecule has 20 heavy (non-hydrogen) atoms. The lowest BCUT2D eigenvalue weighted by molar-refractivity contribution is -0.384. The van der Waals surface area contributed by atoms with Crippen molar-refractivity contribution in [2.45, 2.75) is 6.92 Å². The van der Waals surface area contributed by atoms with E-state index in [1.54, 1.807) is 12.1 Å². The molecule has 0 bridgehead atoms. The molecule has 0 saturated heterocycles. The average Bonchev–Trinajstić information content (AvgIpc) is 2.43. The molecule has 2 rings (SSSR count). The smallest absolute Gasteiger partial charge is 0.269 e. The number of nitrogens with zero attached hydrogens (tertiary/aromatic N) is 1. The maximum absolute atomic E-state index is 12.0. The highest BCUT2D eigenvalue weighted by atomic mass is 35.5. The number of nitro benzene ring substituents is 1. The summed E-state index contributed by atoms with van der Waals surface area (Å²) in [6.07, 6.45) is 0. The third-order valence-corrected chi connectivity index (χ3v) is 3.04. The van der Waals surface area contributed by atoms with E-state index in [-0.39, 0.29) is 11.6 Å². The van der Waals surface area contributed by atoms with Gasteiger partial charge >= 0.3 is 0 Å². The zero-order chi connectivity index (χ0) is 14.7. The van der Waals surface area contributed by atoms with Gasteiger partial charge in [0.2, 0.25) is 0 Å². The van der Waals surface area contributed by atoms with Crippen LogP contribution in [0.4, 0.5) is 11.4 Å². The van der Waals surface area contributed by atoms with E-state index in [0.717, 1.165) is 5.56 Å². The molecular formula is C14H11ClN2O3. The molecule has 0 aliphatic heterocycles. The summed E-state index contributed by atoms with van der Waals surface area (Å²) >= 11 is 5.99. The number of anilines is 1. The largest absolute Gasteiger partial charge is 0.321 e. The highest BCUT2D eigenvalue weighted by Crippen LogP contribution is 2.23. The van der Waals surface area contributed by atoms with Gasteiger partial charge < -0.3 is 5.32 Å². The van der Waals surface area contributed by atoms with Gasteiger partial charge in [0.15, 0.2) is 0 Å². The Morgan fingerprint density at radius 1 is 1.20 bits per heavy atom. The molecule has 0 atom stereocenters. The summed E-state index contributed by atoms with van der Waals surface area (Å²) in [5.74, 6) is -0.368. The number of halogens is 1. The standard InChI is InChI=1S/C14H11ClN2O3/c1-9-2-7-12(15)13(8-9)16-14(18)10-3-5-11(6-4-10)17(19)20/h2-8H,1H3,(H,16,18). The normalized spacial score (nSPS) is 10.1. The third kappa shape index (κ3) is 3.13. The molecule has 1 N–H and O–H groups in total. The zero-order valence-electron chi connectivity index (χ0n) is 10.6. The van der Waals surface area contributed by atoms with Gasteiger partial charge in [0.05, 0.1) is 15.6 Å². The number of carbonyl (C=O) groups excluding carboxylic acids is 1. The second-order valence-electron chi connectivity index (χ2n) is 4.24. The predicted octanol–water partition coefficient (Wildman–Crippen LogP) is 3.81. The number of nitro groups is 1. The fraction of sp³-hybridized carbons (Fsp3) is 0.0714. The van der Waals surface area contributed by atoms with Gasteiger partial charge in [0.1, 0.15) is 0 Å². The Morgan fingerprint density at radius 2 is 1.85 bits per heavy atom. The van der Waals surface area contributed by atoms with E-state index in [1.165, 1.54) is 24.3 Å². The first kappa shape index (κ1) is 14.0. The van der Waals surface area contributed by atoms with Crippen LogP contribution >= 0.6 is 11.6 Å². The van der Waals surface area contributed by atoms with Crippen LogP contribution in [-0.2, 0) is 0 Å². The molecule has 102 valence electrons. The summed E-state index contributed by atoms with van der Waals surface area (Å²) in [6.45, 7) is 1.89. The van der Waals surface area contributed by atoms with Gasteiger partial charge in [-0.2, -0.15) is 0 Å². The van der Waals surface area contributed by atoms with Gasteiger partial charge in [-0.25, -0.2) is 0 Å². The van der Waals surface area contributed by atoms with Gasteiger partial charge in [0.25, 0.3) is 11.6 Å². The molecule has 0 radical (unpaired) electrons. The van der Waals surface area contributed by atoms with Crippen molar-refractivity contribution in [2.75, 3.05) is 5.32 Å². The van der Waals surface area contributed by atoms with Crippen LogP contribution in [0.2, 0.25) is 5.02 Å². The number of nitrogens with one attached hydrogen (secondary N) is 1. The zero-order valence-corrected chi connectivity index (χ0v) is 11.3. The summed E-state index contributed by atoms with van der Waals surface area (Å²) in [7, 11) is 0. The Labute approximate surface area is 120 Å². The molecule has 0 fully saturated rings. The van der Waals surface area contributed by atoms with Crippen molar-refractivity contribution in [3.05, 3.63) is 68.7 Å². The van der Waals surface area contributed by atoms with Gasteiger partial charge in [-0.1, -0.05) is 17.7 Å². The van der Waals surface area contributed by atoms with Crippen LogP contribution in [0.25, 0.3) is 0 Å². The molecule has 0 spiro atoms. The summed E-state index contributed by atoms with van der Waals surface area (Å²) in [6, 6.07) is 10.7. The number of carbonyl (C=O) groups is 1. The minimum atomic E-state index is -0.515. The number of amides is 1. The van der Waals surface area contributed by atoms with Crippen molar-refractivity contribution in [2.24, 2.45) is 0 Å². The molecule has 0 aromatic heterocycles. The van der Waals surface area contributed by atoms with Crippen molar-refractivity contribution >= 4 is 28.9 Å². The van der Waals surface area contributed by atoms with E-state index in [9.17, 15) is 14.9 Å². The molecule has 0 aliphatic carbocycles. The number of hydrogen-bond acceptors (Lipinski definition) is 3. The minimum absolute atomic E-state index is 0.0601. The SMILES string of the molecule is Cc1ccc(Cl)c(NC(=O)c2ccc([N+](=O)[O-])cc2)c1. The van der Waals surface area contributed by atoms with Crippen LogP contribution in [0.3, 0.4) is 0 Å². The topological polar surface area (TPSA) is 72.2 Å². The van der Waals surface area contributed by atoms with Gasteiger partial charge in [0, 0.05) is 17.7 Å². The molecule has 6 heteroatoms. The number of non-ortho nitro benzene ring substituents is 1. The van der Waals surface area contributed by atoms with Crippen LogP contribution in [0.1, 0.15) is 15.9 Å². The Hall–Kier alpha value is -2.40. The maximum atomic E-state index is 12.0. The van der Waals surface area contributed by atoms with Crippen molar-refractivity contribution in [3.63, 3.8) is 0 Å². The lowest BCUT2D eigenvalue weighted by atomic mass is 10.1. The van der Waals surface area contributed by atoms with E-state index in [0.29, 0.717) is 16.3 Å². The van der Waals surface area contributed by atoms with Gasteiger partial charge in [-0.05, 0) is 36.8 Å². The Bertz CT molecular complexity index is 669. The first-order valence-corrected chi connectivity index (χ1v) is 6.17. The van der Waals surface area contributed by atoms with Crippen molar-refractivity contribution < 1.29 is 9.72 Å². The molecule has 0 saturated carbocycles. The van der Waals surface area contributed by atoms with Gasteiger partial charge in [-0.15, -0.1) is 0 Å². The molecule has 2 aromatic rings. The Balaban J connectivity index is 2.19. The summed E-state index contributed by atoms with van der Waals surface area (Å²) in [5.41, 5.74) is 1.74. The minimum Gasteiger partial charge on any atom is -0.321 e. The number of aryl methyl sites for hydroxylation is 1. The van der Waals surface area contributed by atoms with Crippen LogP contribution in [-0.4, -0.2) is 10.8 Å². The van der Waals surface area contributed by atoms with Crippen molar-refractivity contribution in [1.82, 2.24) is 0 Å². The van der Waals surface area contributed by atoms with Crippen LogP contribution in [0.5, 0.6) is 0 Å². The Kier molecular flexibility index (Phi) is 4.00. The number of rotatable bonds is 3. The highest BCUT2D eigenvalue weighted by molar-refractivity contribution is 6.33. The third-order valence-electron chi connectivity index (χ3n) is 2.71. The van der Waals surface area contributed by atoms with E-state index < -0.39 is 4.92 Å². The van der Waals surface area contributed by atoms with Crippen LogP contribution in [0, 0.1) is 17.0 Å². The van der Waals surface area contributed by atoms with Gasteiger partial charge in [-0.3, -0.25) is 14.9 Å². The highest BCUT2D eigenvalue weighted by Gasteiger charge is 2.11. The second-order valence-corrected chi connectivity index (χ2v) is 4.65. The molecule has 0 aliphatic rings. The molecule has 0 heterocycles. The van der Waals surface area contributed by atoms with E-state index in [1.807, 2.05) is 13.0 Å². The van der Waals surface area contributed by atoms with E-state index >= 15 is 0 Å². The summed E-state index contributed by atoms with van der Waals surface area (Å²) in [4.78, 5) is 22.0. The summed E-state index contributed by atoms with van der Waals surface area (Å²) < 4.78 is 0. The quantitative estimate of drug-likeness (QED) is 0.690. The molecule has 5 nitrogen and oxygen atoms in total. The van der Waals surface area contributed by atoms with Crippen molar-refractivity contribution in [3.8, 4) is 0 Å². The Morgan fingerprint density at radius 3 is 2.45 bits per heavy atom. The molecule has 0 unspecified atom stereocenters. The lowest BCUT2D eigenvalue weighted by Gasteiger charge is -2.08. The van der Waals surface area contributed by atoms with Crippen LogP contribution < -0.4 is 5.32 Å². The molecule has 2 aromatic carbocycles. The monoisotopic (exact) mass is 290 g/mol. The second kappa shape index (κ2) is 5.71. The summed E-state index contributed by atoms with van der Waals surface area (Å²) in [5, 5.41) is 13.7. The first-order valence-electron chi connectivity index (χ1n) is 5.79. The van der Waals surface area contributed by atoms with Crippen LogP contribution in [0.15, 0.2) is 42.5 Å². The predicted molar refractivity (Wildman–Crippen MR) is 77.2 cm³/mol. The fourth-order valence-corrected chi connectivity index (χ4v) is 1.83. The number of benzene rings is 2. The van der Waals surface area contributed by atoms with E-state index in [2.05, 4.69) is 5.32 Å². The average molecular weight is 291 g/mol. The molecular weight excluding hydrogens is 280 g/mol. The first-order chi connectivity index (χ1) is 9.47.